The van der Waals surface area contributed by atoms with E-state index in [-0.39, 0.29) is 18.6 Å². The molecule has 2 aromatic rings. The Bertz CT molecular complexity index is 714. The van der Waals surface area contributed by atoms with E-state index in [0.29, 0.717) is 24.2 Å². The summed E-state index contributed by atoms with van der Waals surface area (Å²) in [5, 5.41) is 20.7. The van der Waals surface area contributed by atoms with Crippen molar-refractivity contribution in [3.63, 3.8) is 0 Å². The maximum atomic E-state index is 12.2. The fourth-order valence-electron chi connectivity index (χ4n) is 2.47. The van der Waals surface area contributed by atoms with Gasteiger partial charge in [-0.05, 0) is 36.4 Å². The maximum Gasteiger partial charge on any atom is 0.254 e. The van der Waals surface area contributed by atoms with E-state index in [0.717, 1.165) is 11.4 Å². The Kier molecular flexibility index (Phi) is 7.48. The highest BCUT2D eigenvalue weighted by atomic mass is 32.1. The van der Waals surface area contributed by atoms with E-state index < -0.39 is 0 Å². The minimum atomic E-state index is -0.110. The molecule has 5 nitrogen and oxygen atoms in total. The fraction of sp³-hybridized carbons (Fsp3) is 0.263. The number of amides is 1. The van der Waals surface area contributed by atoms with Crippen molar-refractivity contribution in [2.24, 2.45) is 0 Å². The number of rotatable bonds is 2. The molecule has 1 atom stereocenters. The molecule has 130 valence electrons. The number of carbonyl (C=O) groups excluding carboxylic acids is 1. The number of aliphatic hydroxyl groups excluding tert-OH is 1. The molecule has 1 aliphatic rings. The molecular formula is C19H21N3O2S. The summed E-state index contributed by atoms with van der Waals surface area (Å²) in [6, 6.07) is 18.2. The Labute approximate surface area is 153 Å². The molecule has 25 heavy (non-hydrogen) atoms. The summed E-state index contributed by atoms with van der Waals surface area (Å²) in [5.74, 6) is 0.00106. The van der Waals surface area contributed by atoms with Crippen LogP contribution in [-0.4, -0.2) is 48.2 Å². The molecular weight excluding hydrogens is 334 g/mol. The van der Waals surface area contributed by atoms with Gasteiger partial charge in [-0.1, -0.05) is 18.2 Å². The summed E-state index contributed by atoms with van der Waals surface area (Å²) in [4.78, 5) is 14.8. The zero-order chi connectivity index (χ0) is 18.1. The van der Waals surface area contributed by atoms with E-state index in [9.17, 15) is 9.90 Å². The van der Waals surface area contributed by atoms with Gasteiger partial charge in [0.05, 0.1) is 24.3 Å². The number of aliphatic hydroxyl groups is 1. The summed E-state index contributed by atoms with van der Waals surface area (Å²) in [7, 11) is 0. The average Bonchev–Trinajstić information content (AvgIpc) is 2.69. The lowest BCUT2D eigenvalue weighted by Gasteiger charge is -2.35. The molecule has 1 fully saturated rings. The first-order valence-electron chi connectivity index (χ1n) is 8.02. The number of carbonyl (C=O) groups is 1. The number of nitrogens with zero attached hydrogens (tertiary/aromatic N) is 2. The van der Waals surface area contributed by atoms with Crippen LogP contribution >= 0.6 is 12.6 Å². The molecule has 0 radical (unpaired) electrons. The molecule has 1 saturated heterocycles. The highest BCUT2D eigenvalue weighted by molar-refractivity contribution is 7.80. The summed E-state index contributed by atoms with van der Waals surface area (Å²) in [6.07, 6.45) is 0. The van der Waals surface area contributed by atoms with Crippen molar-refractivity contribution in [2.45, 2.75) is 10.9 Å². The number of hydrogen-bond acceptors (Lipinski definition) is 5. The van der Waals surface area contributed by atoms with Crippen LogP contribution < -0.4 is 5.32 Å². The van der Waals surface area contributed by atoms with Gasteiger partial charge in [-0.15, -0.1) is 12.6 Å². The number of nitriles is 1. The number of piperazine rings is 1. The van der Waals surface area contributed by atoms with Crippen LogP contribution in [0.2, 0.25) is 0 Å². The summed E-state index contributed by atoms with van der Waals surface area (Å²) in [6.45, 7) is 2.11. The summed E-state index contributed by atoms with van der Waals surface area (Å²) >= 11 is 4.06. The van der Waals surface area contributed by atoms with Crippen LogP contribution in [0.3, 0.4) is 0 Å². The molecule has 2 N–H and O–H groups in total. The van der Waals surface area contributed by atoms with Gasteiger partial charge in [0.2, 0.25) is 0 Å². The largest absolute Gasteiger partial charge is 0.394 e. The third kappa shape index (κ3) is 5.61. The Morgan fingerprint density at radius 3 is 2.52 bits per heavy atom. The van der Waals surface area contributed by atoms with Crippen LogP contribution in [0, 0.1) is 11.3 Å². The molecule has 2 aromatic carbocycles. The fourth-order valence-corrected chi connectivity index (χ4v) is 2.62. The van der Waals surface area contributed by atoms with Crippen molar-refractivity contribution in [1.29, 1.82) is 5.26 Å². The monoisotopic (exact) mass is 355 g/mol. The molecule has 0 aliphatic carbocycles. The Balaban J connectivity index is 0.000000212. The van der Waals surface area contributed by atoms with Gasteiger partial charge < -0.3 is 15.3 Å². The summed E-state index contributed by atoms with van der Waals surface area (Å²) < 4.78 is 0. The van der Waals surface area contributed by atoms with Crippen LogP contribution in [0.1, 0.15) is 15.9 Å². The van der Waals surface area contributed by atoms with E-state index in [1.165, 1.54) is 0 Å². The minimum Gasteiger partial charge on any atom is -0.394 e. The van der Waals surface area contributed by atoms with Gasteiger partial charge in [0, 0.05) is 30.1 Å². The number of nitrogens with one attached hydrogen (secondary N) is 1. The quantitative estimate of drug-likeness (QED) is 0.720. The van der Waals surface area contributed by atoms with Gasteiger partial charge in [-0.2, -0.15) is 5.26 Å². The predicted molar refractivity (Wildman–Crippen MR) is 99.6 cm³/mol. The lowest BCUT2D eigenvalue weighted by molar-refractivity contribution is 0.0536. The smallest absolute Gasteiger partial charge is 0.254 e. The van der Waals surface area contributed by atoms with Gasteiger partial charge >= 0.3 is 0 Å². The second-order valence-corrected chi connectivity index (χ2v) is 6.08. The van der Waals surface area contributed by atoms with Crippen LogP contribution in [0.4, 0.5) is 0 Å². The van der Waals surface area contributed by atoms with Gasteiger partial charge in [0.15, 0.2) is 0 Å². The number of thiol groups is 1. The van der Waals surface area contributed by atoms with Crippen LogP contribution in [0.5, 0.6) is 0 Å². The second-order valence-electron chi connectivity index (χ2n) is 5.56. The molecule has 0 saturated carbocycles. The van der Waals surface area contributed by atoms with Crippen molar-refractivity contribution in [3.05, 3.63) is 65.7 Å². The third-order valence-corrected chi connectivity index (χ3v) is 4.14. The Morgan fingerprint density at radius 1 is 1.24 bits per heavy atom. The Hall–Kier alpha value is -2.33. The van der Waals surface area contributed by atoms with Crippen molar-refractivity contribution >= 4 is 18.5 Å². The molecule has 1 heterocycles. The second kappa shape index (κ2) is 9.84. The van der Waals surface area contributed by atoms with Crippen molar-refractivity contribution < 1.29 is 9.90 Å². The van der Waals surface area contributed by atoms with E-state index in [1.54, 1.807) is 41.3 Å². The lowest BCUT2D eigenvalue weighted by Crippen LogP contribution is -2.55. The van der Waals surface area contributed by atoms with E-state index >= 15 is 0 Å². The van der Waals surface area contributed by atoms with Gasteiger partial charge in [0.25, 0.3) is 5.91 Å². The van der Waals surface area contributed by atoms with E-state index in [1.807, 2.05) is 24.3 Å². The lowest BCUT2D eigenvalue weighted by atomic mass is 10.1. The zero-order valence-electron chi connectivity index (χ0n) is 13.8. The predicted octanol–water partition coefficient (Wildman–Crippen LogP) is 1.94. The first-order chi connectivity index (χ1) is 12.2. The first-order valence-corrected chi connectivity index (χ1v) is 8.47. The molecule has 6 heteroatoms. The molecule has 3 rings (SSSR count). The minimum absolute atomic E-state index is 0.00106. The van der Waals surface area contributed by atoms with Gasteiger partial charge in [-0.3, -0.25) is 4.79 Å². The molecule has 1 unspecified atom stereocenters. The van der Waals surface area contributed by atoms with E-state index in [4.69, 9.17) is 5.26 Å². The zero-order valence-corrected chi connectivity index (χ0v) is 14.7. The third-order valence-electron chi connectivity index (χ3n) is 3.84. The average molecular weight is 355 g/mol. The topological polar surface area (TPSA) is 76.4 Å². The summed E-state index contributed by atoms with van der Waals surface area (Å²) in [5.41, 5.74) is 1.36. The molecule has 1 aliphatic heterocycles. The molecule has 0 aromatic heterocycles. The van der Waals surface area contributed by atoms with Gasteiger partial charge in [0.1, 0.15) is 0 Å². The molecule has 0 spiro atoms. The van der Waals surface area contributed by atoms with Crippen LogP contribution in [-0.2, 0) is 0 Å². The van der Waals surface area contributed by atoms with Crippen molar-refractivity contribution in [3.8, 4) is 6.07 Å². The normalized spacial score (nSPS) is 16.4. The number of benzene rings is 2. The van der Waals surface area contributed by atoms with Crippen LogP contribution in [0.25, 0.3) is 0 Å². The van der Waals surface area contributed by atoms with Crippen LogP contribution in [0.15, 0.2) is 59.5 Å². The number of hydrogen-bond donors (Lipinski definition) is 3. The first kappa shape index (κ1) is 19.0. The van der Waals surface area contributed by atoms with Crippen molar-refractivity contribution in [1.82, 2.24) is 10.2 Å². The SMILES string of the molecule is N#Cc1ccc(S)cc1.O=C(c1ccccc1)N1CCNCC1CO. The standard InChI is InChI=1S/C12H16N2O2.C7H5NS/c15-9-11-8-13-6-7-14(11)12(16)10-4-2-1-3-5-10;8-5-6-1-3-7(9)4-2-6/h1-5,11,13,15H,6-9H2;1-4,9H. The van der Waals surface area contributed by atoms with E-state index in [2.05, 4.69) is 17.9 Å². The molecule has 0 bridgehead atoms. The Morgan fingerprint density at radius 2 is 1.92 bits per heavy atom. The maximum absolute atomic E-state index is 12.2. The highest BCUT2D eigenvalue weighted by Crippen LogP contribution is 2.10. The highest BCUT2D eigenvalue weighted by Gasteiger charge is 2.26. The molecule has 1 amide bonds. The van der Waals surface area contributed by atoms with Crippen molar-refractivity contribution in [2.75, 3.05) is 26.2 Å². The van der Waals surface area contributed by atoms with Gasteiger partial charge in [-0.25, -0.2) is 0 Å².